The van der Waals surface area contributed by atoms with E-state index in [4.69, 9.17) is 21.6 Å². The maximum Gasteiger partial charge on any atom is 0.264 e. The average molecular weight is 518 g/mol. The zero-order chi connectivity index (χ0) is 25.3. The first-order valence-electron chi connectivity index (χ1n) is 11.3. The number of carbonyl (C=O) groups excluding carboxylic acids is 1. The Labute approximate surface area is 210 Å². The molecule has 1 amide bonds. The Kier molecular flexibility index (Phi) is 9.34. The minimum Gasteiger partial charge on any atom is -0.496 e. The van der Waals surface area contributed by atoms with Gasteiger partial charge in [0.25, 0.3) is 15.9 Å². The van der Waals surface area contributed by atoms with Gasteiger partial charge in [-0.05, 0) is 55.2 Å². The number of halogens is 1. The molecule has 0 saturated heterocycles. The van der Waals surface area contributed by atoms with Gasteiger partial charge in [-0.2, -0.15) is 5.26 Å². The van der Waals surface area contributed by atoms with Crippen molar-refractivity contribution in [3.05, 3.63) is 58.6 Å². The molecule has 1 aliphatic rings. The lowest BCUT2D eigenvalue weighted by atomic mass is 9.96. The van der Waals surface area contributed by atoms with E-state index in [1.165, 1.54) is 25.3 Å². The van der Waals surface area contributed by atoms with Crippen LogP contribution in [0.25, 0.3) is 0 Å². The first kappa shape index (κ1) is 26.3. The second kappa shape index (κ2) is 12.4. The Morgan fingerprint density at radius 3 is 2.54 bits per heavy atom. The monoisotopic (exact) mass is 517 g/mol. The van der Waals surface area contributed by atoms with Gasteiger partial charge in [-0.3, -0.25) is 4.79 Å². The number of carbonyl (C=O) groups is 1. The number of hydrogen-bond acceptors (Lipinski definition) is 6. The average Bonchev–Trinajstić information content (AvgIpc) is 2.85. The van der Waals surface area contributed by atoms with Crippen molar-refractivity contribution in [1.82, 2.24) is 15.4 Å². The van der Waals surface area contributed by atoms with Gasteiger partial charge in [0.15, 0.2) is 0 Å². The first-order chi connectivity index (χ1) is 16.8. The molecule has 0 unspecified atom stereocenters. The molecule has 9 nitrogen and oxygen atoms in total. The highest BCUT2D eigenvalue weighted by Crippen LogP contribution is 2.22. The Bertz CT molecular complexity index is 1200. The van der Waals surface area contributed by atoms with Crippen LogP contribution < -0.4 is 20.1 Å². The van der Waals surface area contributed by atoms with Crippen molar-refractivity contribution >= 4 is 33.5 Å². The quantitative estimate of drug-likeness (QED) is 0.279. The molecule has 1 saturated carbocycles. The van der Waals surface area contributed by atoms with E-state index < -0.39 is 10.0 Å². The number of nitriles is 1. The predicted molar refractivity (Wildman–Crippen MR) is 134 cm³/mol. The van der Waals surface area contributed by atoms with E-state index >= 15 is 0 Å². The number of hydrogen-bond donors (Lipinski definition) is 3. The van der Waals surface area contributed by atoms with Crippen LogP contribution >= 0.6 is 11.6 Å². The predicted octanol–water partition coefficient (Wildman–Crippen LogP) is 3.36. The molecule has 0 spiro atoms. The van der Waals surface area contributed by atoms with Crippen LogP contribution in [0.5, 0.6) is 5.75 Å². The summed E-state index contributed by atoms with van der Waals surface area (Å²) >= 11 is 5.98. The van der Waals surface area contributed by atoms with Crippen LogP contribution in [0.15, 0.2) is 52.4 Å². The summed E-state index contributed by atoms with van der Waals surface area (Å²) in [4.78, 5) is 16.1. The second-order valence-electron chi connectivity index (χ2n) is 8.14. The van der Waals surface area contributed by atoms with Crippen LogP contribution in [0.4, 0.5) is 0 Å². The standard InChI is InChI=1S/C24H28ClN5O4S/c1-34-22-12-9-18(25)15-21(22)23(31)27-14-13-17-7-10-20(11-8-17)35(32,33)30-24(28-16-26)29-19-5-3-2-4-6-19/h7-12,15,19H,2-6,13-14H2,1H3,(H,27,31)(H2,28,29,30). The number of benzene rings is 2. The molecule has 0 aliphatic heterocycles. The summed E-state index contributed by atoms with van der Waals surface area (Å²) in [5, 5.41) is 15.2. The fourth-order valence-corrected chi connectivity index (χ4v) is 5.01. The van der Waals surface area contributed by atoms with Crippen LogP contribution in [0.3, 0.4) is 0 Å². The van der Waals surface area contributed by atoms with Crippen LogP contribution in [-0.4, -0.2) is 40.0 Å². The number of sulfonamides is 1. The van der Waals surface area contributed by atoms with Gasteiger partial charge in [-0.1, -0.05) is 43.0 Å². The van der Waals surface area contributed by atoms with Crippen molar-refractivity contribution in [2.45, 2.75) is 49.5 Å². The minimum absolute atomic E-state index is 0.0463. The lowest BCUT2D eigenvalue weighted by molar-refractivity contribution is 0.0951. The number of guanidine groups is 1. The topological polar surface area (TPSA) is 133 Å². The Morgan fingerprint density at radius 1 is 1.17 bits per heavy atom. The number of nitrogens with one attached hydrogen (secondary N) is 3. The van der Waals surface area contributed by atoms with Crippen LogP contribution in [0, 0.1) is 11.5 Å². The molecule has 3 N–H and O–H groups in total. The molecule has 3 rings (SSSR count). The normalized spacial score (nSPS) is 14.6. The molecule has 0 bridgehead atoms. The summed E-state index contributed by atoms with van der Waals surface area (Å²) in [6.45, 7) is 0.336. The molecule has 1 fully saturated rings. The lowest BCUT2D eigenvalue weighted by Crippen LogP contribution is -2.46. The third-order valence-electron chi connectivity index (χ3n) is 5.68. The van der Waals surface area contributed by atoms with Crippen molar-refractivity contribution < 1.29 is 17.9 Å². The SMILES string of the molecule is COc1ccc(Cl)cc1C(=O)NCCc1ccc(S(=O)(=O)N/C(=N/C#N)NC2CCCCC2)cc1. The summed E-state index contributed by atoms with van der Waals surface area (Å²) in [5.41, 5.74) is 1.18. The van der Waals surface area contributed by atoms with Crippen LogP contribution in [-0.2, 0) is 16.4 Å². The molecule has 35 heavy (non-hydrogen) atoms. The van der Waals surface area contributed by atoms with E-state index in [2.05, 4.69) is 20.3 Å². The summed E-state index contributed by atoms with van der Waals surface area (Å²) in [6.07, 6.45) is 7.21. The number of rotatable bonds is 8. The highest BCUT2D eigenvalue weighted by Gasteiger charge is 2.20. The van der Waals surface area contributed by atoms with Crippen LogP contribution in [0.2, 0.25) is 5.02 Å². The van der Waals surface area contributed by atoms with Gasteiger partial charge in [0.1, 0.15) is 5.75 Å². The Balaban J connectivity index is 1.57. The second-order valence-corrected chi connectivity index (χ2v) is 10.3. The molecule has 1 aliphatic carbocycles. The van der Waals surface area contributed by atoms with E-state index in [-0.39, 0.29) is 22.8 Å². The first-order valence-corrected chi connectivity index (χ1v) is 13.2. The summed E-state index contributed by atoms with van der Waals surface area (Å²) in [7, 11) is -2.44. The smallest absolute Gasteiger partial charge is 0.264 e. The molecule has 0 heterocycles. The van der Waals surface area contributed by atoms with E-state index in [1.54, 1.807) is 30.5 Å². The molecule has 0 atom stereocenters. The Morgan fingerprint density at radius 2 is 1.89 bits per heavy atom. The van der Waals surface area contributed by atoms with Gasteiger partial charge in [0.2, 0.25) is 12.2 Å². The molecule has 11 heteroatoms. The number of methoxy groups -OCH3 is 1. The third kappa shape index (κ3) is 7.60. The van der Waals surface area contributed by atoms with Crippen molar-refractivity contribution in [1.29, 1.82) is 5.26 Å². The van der Waals surface area contributed by atoms with Gasteiger partial charge >= 0.3 is 0 Å². The van der Waals surface area contributed by atoms with Gasteiger partial charge in [0.05, 0.1) is 17.6 Å². The van der Waals surface area contributed by atoms with Gasteiger partial charge in [0, 0.05) is 17.6 Å². The number of nitrogens with zero attached hydrogens (tertiary/aromatic N) is 2. The van der Waals surface area contributed by atoms with Crippen LogP contribution in [0.1, 0.15) is 48.0 Å². The fraction of sp³-hybridized carbons (Fsp3) is 0.375. The molecule has 0 radical (unpaired) electrons. The number of aliphatic imine (C=N–C) groups is 1. The molecule has 2 aromatic carbocycles. The Hall–Kier alpha value is -3.29. The fourth-order valence-electron chi connectivity index (χ4n) is 3.87. The van der Waals surface area contributed by atoms with Crippen molar-refractivity contribution in [3.63, 3.8) is 0 Å². The zero-order valence-electron chi connectivity index (χ0n) is 19.4. The molecule has 186 valence electrons. The number of amides is 1. The molecule has 0 aromatic heterocycles. The van der Waals surface area contributed by atoms with E-state index in [1.807, 2.05) is 0 Å². The van der Waals surface area contributed by atoms with Crippen molar-refractivity contribution in [2.24, 2.45) is 4.99 Å². The maximum atomic E-state index is 12.8. The van der Waals surface area contributed by atoms with Gasteiger partial charge < -0.3 is 15.4 Å². The maximum absolute atomic E-state index is 12.8. The molecule has 2 aromatic rings. The lowest BCUT2D eigenvalue weighted by Gasteiger charge is -2.24. The van der Waals surface area contributed by atoms with Gasteiger partial charge in [-0.15, -0.1) is 4.99 Å². The van der Waals surface area contributed by atoms with Gasteiger partial charge in [-0.25, -0.2) is 13.1 Å². The number of ether oxygens (including phenoxy) is 1. The molecular weight excluding hydrogens is 490 g/mol. The summed E-state index contributed by atoms with van der Waals surface area (Å²) < 4.78 is 33.2. The summed E-state index contributed by atoms with van der Waals surface area (Å²) in [5.74, 6) is 0.0383. The summed E-state index contributed by atoms with van der Waals surface area (Å²) in [6, 6.07) is 11.2. The van der Waals surface area contributed by atoms with Crippen molar-refractivity contribution in [3.8, 4) is 11.9 Å². The highest BCUT2D eigenvalue weighted by molar-refractivity contribution is 7.90. The van der Waals surface area contributed by atoms with E-state index in [0.717, 1.165) is 37.7 Å². The third-order valence-corrected chi connectivity index (χ3v) is 7.27. The van der Waals surface area contributed by atoms with E-state index in [9.17, 15) is 13.2 Å². The largest absolute Gasteiger partial charge is 0.496 e. The zero-order valence-corrected chi connectivity index (χ0v) is 21.0. The van der Waals surface area contributed by atoms with E-state index in [0.29, 0.717) is 29.3 Å². The highest BCUT2D eigenvalue weighted by atomic mass is 35.5. The van der Waals surface area contributed by atoms with Crippen molar-refractivity contribution in [2.75, 3.05) is 13.7 Å². The minimum atomic E-state index is -3.92. The molecular formula is C24H28ClN5O4S.